The minimum atomic E-state index is -0.189. The second-order valence-corrected chi connectivity index (χ2v) is 4.09. The first-order valence-corrected chi connectivity index (χ1v) is 5.38. The molecule has 0 saturated carbocycles. The van der Waals surface area contributed by atoms with Crippen LogP contribution in [0.15, 0.2) is 17.3 Å². The van der Waals surface area contributed by atoms with Gasteiger partial charge in [0.2, 0.25) is 11.8 Å². The molecule has 1 N–H and O–H groups in total. The third kappa shape index (κ3) is 3.09. The van der Waals surface area contributed by atoms with E-state index in [1.807, 2.05) is 19.1 Å². The molecule has 0 spiro atoms. The number of carbonyl (C=O) groups is 2. The fourth-order valence-corrected chi connectivity index (χ4v) is 2.18. The maximum atomic E-state index is 11.2. The fourth-order valence-electron chi connectivity index (χ4n) is 1.08. The van der Waals surface area contributed by atoms with Gasteiger partial charge in [0.1, 0.15) is 5.37 Å². The Balaban J connectivity index is 2.76. The van der Waals surface area contributed by atoms with E-state index < -0.39 is 0 Å². The SMILES string of the molecule is C/C=C/C1SC(NC(C)=O)=NN1C(C)=O. The molecule has 1 unspecified atom stereocenters. The van der Waals surface area contributed by atoms with Crippen molar-refractivity contribution < 1.29 is 9.59 Å². The second-order valence-electron chi connectivity index (χ2n) is 2.98. The summed E-state index contributed by atoms with van der Waals surface area (Å²) in [5.41, 5.74) is 0. The average molecular weight is 227 g/mol. The Morgan fingerprint density at radius 3 is 2.67 bits per heavy atom. The number of nitrogens with zero attached hydrogens (tertiary/aromatic N) is 2. The molecule has 0 aromatic heterocycles. The molecule has 0 aromatic carbocycles. The molecule has 5 nitrogen and oxygen atoms in total. The lowest BCUT2D eigenvalue weighted by molar-refractivity contribution is -0.128. The molecule has 82 valence electrons. The van der Waals surface area contributed by atoms with Crippen LogP contribution >= 0.6 is 11.8 Å². The van der Waals surface area contributed by atoms with Gasteiger partial charge in [-0.1, -0.05) is 23.9 Å². The molecule has 6 heteroatoms. The largest absolute Gasteiger partial charge is 0.304 e. The van der Waals surface area contributed by atoms with E-state index in [9.17, 15) is 9.59 Å². The van der Waals surface area contributed by atoms with E-state index in [-0.39, 0.29) is 17.2 Å². The highest BCUT2D eigenvalue weighted by atomic mass is 32.2. The van der Waals surface area contributed by atoms with Crippen molar-refractivity contribution in [2.24, 2.45) is 5.10 Å². The van der Waals surface area contributed by atoms with Crippen molar-refractivity contribution in [2.45, 2.75) is 26.1 Å². The second kappa shape index (κ2) is 4.97. The molecule has 0 saturated heterocycles. The van der Waals surface area contributed by atoms with E-state index in [0.29, 0.717) is 5.17 Å². The maximum Gasteiger partial charge on any atom is 0.241 e. The van der Waals surface area contributed by atoms with Crippen LogP contribution in [0.2, 0.25) is 0 Å². The molecule has 1 rings (SSSR count). The van der Waals surface area contributed by atoms with Gasteiger partial charge < -0.3 is 5.32 Å². The van der Waals surface area contributed by atoms with Crippen LogP contribution in [0.25, 0.3) is 0 Å². The predicted molar refractivity (Wildman–Crippen MR) is 60.0 cm³/mol. The smallest absolute Gasteiger partial charge is 0.241 e. The Morgan fingerprint density at radius 2 is 2.20 bits per heavy atom. The van der Waals surface area contributed by atoms with Gasteiger partial charge in [-0.3, -0.25) is 9.59 Å². The molecular formula is C9H13N3O2S. The molecule has 1 aliphatic rings. The van der Waals surface area contributed by atoms with Crippen LogP contribution in [-0.4, -0.2) is 27.4 Å². The standard InChI is InChI=1S/C9H13N3O2S/c1-4-5-8-12(7(3)14)11-9(15-8)10-6(2)13/h4-5,8H,1-3H3,(H,10,11,13)/b5-4+. The number of amides is 2. The number of hydrogen-bond donors (Lipinski definition) is 1. The van der Waals surface area contributed by atoms with Gasteiger partial charge in [0.05, 0.1) is 0 Å². The minimum absolute atomic E-state index is 0.147. The predicted octanol–water partition coefficient (Wildman–Crippen LogP) is 0.891. The molecular weight excluding hydrogens is 214 g/mol. The maximum absolute atomic E-state index is 11.2. The zero-order valence-corrected chi connectivity index (χ0v) is 9.67. The summed E-state index contributed by atoms with van der Waals surface area (Å²) in [7, 11) is 0. The number of allylic oxidation sites excluding steroid dienone is 1. The minimum Gasteiger partial charge on any atom is -0.304 e. The number of hydrazone groups is 1. The zero-order valence-electron chi connectivity index (χ0n) is 8.85. The Labute approximate surface area is 92.6 Å². The van der Waals surface area contributed by atoms with Gasteiger partial charge >= 0.3 is 0 Å². The van der Waals surface area contributed by atoms with Crippen molar-refractivity contribution in [3.63, 3.8) is 0 Å². The molecule has 2 amide bonds. The number of carbonyl (C=O) groups excluding carboxylic acids is 2. The quantitative estimate of drug-likeness (QED) is 0.677. The average Bonchev–Trinajstić information content (AvgIpc) is 2.47. The highest BCUT2D eigenvalue weighted by molar-refractivity contribution is 8.14. The van der Waals surface area contributed by atoms with Crippen molar-refractivity contribution in [1.82, 2.24) is 10.3 Å². The van der Waals surface area contributed by atoms with Crippen molar-refractivity contribution in [3.8, 4) is 0 Å². The fraction of sp³-hybridized carbons (Fsp3) is 0.444. The first-order chi connectivity index (χ1) is 7.04. The Hall–Kier alpha value is -1.30. The van der Waals surface area contributed by atoms with Crippen LogP contribution < -0.4 is 5.32 Å². The first-order valence-electron chi connectivity index (χ1n) is 4.50. The van der Waals surface area contributed by atoms with Crippen LogP contribution in [0, 0.1) is 0 Å². The van der Waals surface area contributed by atoms with Crippen molar-refractivity contribution in [2.75, 3.05) is 0 Å². The molecule has 0 aliphatic carbocycles. The summed E-state index contributed by atoms with van der Waals surface area (Å²) in [6.07, 6.45) is 3.70. The van der Waals surface area contributed by atoms with Crippen molar-refractivity contribution in [1.29, 1.82) is 0 Å². The summed E-state index contributed by atoms with van der Waals surface area (Å²) in [5.74, 6) is -0.336. The zero-order chi connectivity index (χ0) is 11.4. The van der Waals surface area contributed by atoms with E-state index in [1.54, 1.807) is 0 Å². The summed E-state index contributed by atoms with van der Waals surface area (Å²) in [5, 5.41) is 8.21. The van der Waals surface area contributed by atoms with E-state index in [2.05, 4.69) is 10.4 Å². The summed E-state index contributed by atoms with van der Waals surface area (Å²) >= 11 is 1.34. The molecule has 0 fully saturated rings. The number of nitrogens with one attached hydrogen (secondary N) is 1. The van der Waals surface area contributed by atoms with Crippen LogP contribution in [-0.2, 0) is 9.59 Å². The van der Waals surface area contributed by atoms with Crippen LogP contribution in [0.3, 0.4) is 0 Å². The number of thioether (sulfide) groups is 1. The third-order valence-electron chi connectivity index (χ3n) is 1.63. The van der Waals surface area contributed by atoms with Crippen LogP contribution in [0.1, 0.15) is 20.8 Å². The summed E-state index contributed by atoms with van der Waals surface area (Å²) < 4.78 is 0. The number of rotatable bonds is 1. The first kappa shape index (κ1) is 11.8. The molecule has 1 aliphatic heterocycles. The molecule has 0 radical (unpaired) electrons. The Bertz CT molecular complexity index is 338. The lowest BCUT2D eigenvalue weighted by Gasteiger charge is -2.14. The van der Waals surface area contributed by atoms with E-state index in [1.165, 1.54) is 30.6 Å². The number of hydrogen-bond acceptors (Lipinski definition) is 4. The molecule has 0 bridgehead atoms. The van der Waals surface area contributed by atoms with Crippen molar-refractivity contribution >= 4 is 28.7 Å². The lowest BCUT2D eigenvalue weighted by atomic mass is 10.5. The van der Waals surface area contributed by atoms with Gasteiger partial charge in [-0.05, 0) is 6.92 Å². The number of amidine groups is 1. The summed E-state index contributed by atoms with van der Waals surface area (Å²) in [6, 6.07) is 0. The van der Waals surface area contributed by atoms with Gasteiger partial charge in [0, 0.05) is 13.8 Å². The Morgan fingerprint density at radius 1 is 1.53 bits per heavy atom. The van der Waals surface area contributed by atoms with E-state index >= 15 is 0 Å². The van der Waals surface area contributed by atoms with Gasteiger partial charge in [0.25, 0.3) is 0 Å². The molecule has 1 heterocycles. The van der Waals surface area contributed by atoms with Gasteiger partial charge in [-0.2, -0.15) is 0 Å². The highest BCUT2D eigenvalue weighted by Gasteiger charge is 2.28. The van der Waals surface area contributed by atoms with Gasteiger partial charge in [-0.15, -0.1) is 5.10 Å². The Kier molecular flexibility index (Phi) is 3.90. The monoisotopic (exact) mass is 227 g/mol. The van der Waals surface area contributed by atoms with E-state index in [4.69, 9.17) is 0 Å². The molecule has 15 heavy (non-hydrogen) atoms. The molecule has 0 aromatic rings. The topological polar surface area (TPSA) is 61.8 Å². The summed E-state index contributed by atoms with van der Waals surface area (Å²) in [6.45, 7) is 4.72. The molecule has 1 atom stereocenters. The van der Waals surface area contributed by atoms with E-state index in [0.717, 1.165) is 0 Å². The van der Waals surface area contributed by atoms with Crippen LogP contribution in [0.5, 0.6) is 0 Å². The van der Waals surface area contributed by atoms with Crippen molar-refractivity contribution in [3.05, 3.63) is 12.2 Å². The van der Waals surface area contributed by atoms with Gasteiger partial charge in [-0.25, -0.2) is 5.01 Å². The summed E-state index contributed by atoms with van der Waals surface area (Å²) in [4.78, 5) is 22.0. The third-order valence-corrected chi connectivity index (χ3v) is 2.64. The van der Waals surface area contributed by atoms with Crippen LogP contribution in [0.4, 0.5) is 0 Å². The highest BCUT2D eigenvalue weighted by Crippen LogP contribution is 2.25. The lowest BCUT2D eigenvalue weighted by Crippen LogP contribution is -2.27. The van der Waals surface area contributed by atoms with Gasteiger partial charge in [0.15, 0.2) is 5.17 Å². The normalized spacial score (nSPS) is 20.6.